The first-order valence-electron chi connectivity index (χ1n) is 5.52. The van der Waals surface area contributed by atoms with Crippen molar-refractivity contribution in [3.05, 3.63) is 16.8 Å². The van der Waals surface area contributed by atoms with E-state index in [0.29, 0.717) is 5.56 Å². The van der Waals surface area contributed by atoms with Crippen molar-refractivity contribution in [2.24, 2.45) is 0 Å². The fourth-order valence-electron chi connectivity index (χ4n) is 1.05. The third-order valence-electron chi connectivity index (χ3n) is 1.74. The molecule has 0 saturated heterocycles. The van der Waals surface area contributed by atoms with Crippen LogP contribution in [0.15, 0.2) is 6.07 Å². The Kier molecular flexibility index (Phi) is 4.95. The highest BCUT2D eigenvalue weighted by Crippen LogP contribution is 2.10. The Hall–Kier alpha value is -2.00. The second-order valence-corrected chi connectivity index (χ2v) is 5.01. The van der Waals surface area contributed by atoms with Gasteiger partial charge in [0, 0.05) is 0 Å². The number of hydrogen-bond donors (Lipinski definition) is 2. The van der Waals surface area contributed by atoms with Crippen LogP contribution < -0.4 is 11.1 Å². The van der Waals surface area contributed by atoms with Crippen LogP contribution >= 0.6 is 11.6 Å². The molecule has 7 heteroatoms. The topological polar surface area (TPSA) is 90.1 Å². The summed E-state index contributed by atoms with van der Waals surface area (Å²) in [4.78, 5) is 11.3. The Bertz CT molecular complexity index is 529. The van der Waals surface area contributed by atoms with Crippen molar-refractivity contribution in [1.29, 1.82) is 0 Å². The van der Waals surface area contributed by atoms with Gasteiger partial charge in [0.05, 0.1) is 12.1 Å². The zero-order valence-corrected chi connectivity index (χ0v) is 11.7. The number of carbonyl (C=O) groups is 1. The predicted octanol–water partition coefficient (Wildman–Crippen LogP) is 1.59. The number of alkyl carbamates (subject to hydrolysis) is 1. The summed E-state index contributed by atoms with van der Waals surface area (Å²) in [6.45, 7) is 5.48. The Labute approximate surface area is 116 Å². The smallest absolute Gasteiger partial charge is 0.408 e. The van der Waals surface area contributed by atoms with Gasteiger partial charge in [-0.1, -0.05) is 23.4 Å². The maximum absolute atomic E-state index is 11.3. The van der Waals surface area contributed by atoms with Gasteiger partial charge in [-0.25, -0.2) is 4.79 Å². The zero-order chi connectivity index (χ0) is 14.5. The summed E-state index contributed by atoms with van der Waals surface area (Å²) in [7, 11) is 0. The molecule has 1 aromatic rings. The Morgan fingerprint density at radius 3 is 2.84 bits per heavy atom. The molecule has 0 aromatic carbocycles. The van der Waals surface area contributed by atoms with Gasteiger partial charge in [-0.15, -0.1) is 10.2 Å². The van der Waals surface area contributed by atoms with E-state index in [1.54, 1.807) is 20.8 Å². The summed E-state index contributed by atoms with van der Waals surface area (Å²) < 4.78 is 5.05. The zero-order valence-electron chi connectivity index (χ0n) is 11.0. The van der Waals surface area contributed by atoms with E-state index in [9.17, 15) is 4.79 Å². The molecule has 0 atom stereocenters. The van der Waals surface area contributed by atoms with E-state index in [0.717, 1.165) is 0 Å². The second-order valence-electron chi connectivity index (χ2n) is 4.62. The normalized spacial score (nSPS) is 10.3. The van der Waals surface area contributed by atoms with Crippen molar-refractivity contribution in [2.45, 2.75) is 26.4 Å². The molecule has 0 spiro atoms. The molecule has 3 N–H and O–H groups in total. The van der Waals surface area contributed by atoms with Gasteiger partial charge in [0.15, 0.2) is 11.0 Å². The quantitative estimate of drug-likeness (QED) is 0.764. The van der Waals surface area contributed by atoms with E-state index >= 15 is 0 Å². The SMILES string of the molecule is CC(C)(C)OC(=O)NCC#Cc1cc(Cl)nnc1N. The van der Waals surface area contributed by atoms with Gasteiger partial charge in [-0.2, -0.15) is 0 Å². The summed E-state index contributed by atoms with van der Waals surface area (Å²) in [5, 5.41) is 9.90. The highest BCUT2D eigenvalue weighted by molar-refractivity contribution is 6.29. The second kappa shape index (κ2) is 6.25. The number of nitrogens with zero attached hydrogens (tertiary/aromatic N) is 2. The Balaban J connectivity index is 2.52. The molecule has 0 aliphatic carbocycles. The van der Waals surface area contributed by atoms with Gasteiger partial charge in [0.1, 0.15) is 5.60 Å². The Morgan fingerprint density at radius 2 is 2.21 bits per heavy atom. The minimum absolute atomic E-state index is 0.133. The molecular formula is C12H15ClN4O2. The number of ether oxygens (including phenoxy) is 1. The molecule has 6 nitrogen and oxygen atoms in total. The predicted molar refractivity (Wildman–Crippen MR) is 72.6 cm³/mol. The van der Waals surface area contributed by atoms with Crippen molar-refractivity contribution < 1.29 is 9.53 Å². The third-order valence-corrected chi connectivity index (χ3v) is 1.92. The van der Waals surface area contributed by atoms with E-state index < -0.39 is 11.7 Å². The minimum Gasteiger partial charge on any atom is -0.444 e. The van der Waals surface area contributed by atoms with Gasteiger partial charge in [0.25, 0.3) is 0 Å². The van der Waals surface area contributed by atoms with Gasteiger partial charge in [0.2, 0.25) is 0 Å². The first-order chi connectivity index (χ1) is 8.78. The van der Waals surface area contributed by atoms with Crippen LogP contribution in [0, 0.1) is 11.8 Å². The lowest BCUT2D eigenvalue weighted by atomic mass is 10.2. The first-order valence-corrected chi connectivity index (χ1v) is 5.90. The number of nitrogens with two attached hydrogens (primary N) is 1. The number of aromatic nitrogens is 2. The van der Waals surface area contributed by atoms with E-state index in [-0.39, 0.29) is 17.5 Å². The molecule has 1 rings (SSSR count). The number of carbonyl (C=O) groups excluding carboxylic acids is 1. The third kappa shape index (κ3) is 5.93. The Morgan fingerprint density at radius 1 is 1.53 bits per heavy atom. The molecule has 1 heterocycles. The lowest BCUT2D eigenvalue weighted by Gasteiger charge is -2.18. The van der Waals surface area contributed by atoms with E-state index in [1.807, 2.05) is 0 Å². The van der Waals surface area contributed by atoms with Crippen molar-refractivity contribution in [3.8, 4) is 11.8 Å². The van der Waals surface area contributed by atoms with Gasteiger partial charge in [-0.05, 0) is 26.8 Å². The number of hydrogen-bond acceptors (Lipinski definition) is 5. The number of nitrogen functional groups attached to an aromatic ring is 1. The average molecular weight is 283 g/mol. The molecule has 0 saturated carbocycles. The molecule has 19 heavy (non-hydrogen) atoms. The number of anilines is 1. The fourth-order valence-corrected chi connectivity index (χ4v) is 1.19. The molecule has 102 valence electrons. The fraction of sp³-hybridized carbons (Fsp3) is 0.417. The van der Waals surface area contributed by atoms with E-state index in [4.69, 9.17) is 22.1 Å². The summed E-state index contributed by atoms with van der Waals surface area (Å²) in [5.74, 6) is 5.65. The number of rotatable bonds is 1. The van der Waals surface area contributed by atoms with Crippen LogP contribution in [0.25, 0.3) is 0 Å². The first kappa shape index (κ1) is 15.1. The monoisotopic (exact) mass is 282 g/mol. The number of nitrogens with one attached hydrogen (secondary N) is 1. The number of amides is 1. The molecule has 0 unspecified atom stereocenters. The van der Waals surface area contributed by atoms with Crippen LogP contribution in [0.4, 0.5) is 10.6 Å². The van der Waals surface area contributed by atoms with Crippen LogP contribution in [0.3, 0.4) is 0 Å². The molecule has 0 fully saturated rings. The van der Waals surface area contributed by atoms with Crippen LogP contribution in [0.5, 0.6) is 0 Å². The van der Waals surface area contributed by atoms with Gasteiger partial charge >= 0.3 is 6.09 Å². The summed E-state index contributed by atoms with van der Waals surface area (Å²) in [5.41, 5.74) is 5.49. The summed E-state index contributed by atoms with van der Waals surface area (Å²) >= 11 is 5.67. The standard InChI is InChI=1S/C12H15ClN4O2/c1-12(2,3)19-11(18)15-6-4-5-8-7-9(13)16-17-10(8)14/h7H,6H2,1-3H3,(H2,14,17)(H,15,18). The van der Waals surface area contributed by atoms with Crippen molar-refractivity contribution in [1.82, 2.24) is 15.5 Å². The van der Waals surface area contributed by atoms with Crippen LogP contribution in [-0.4, -0.2) is 28.4 Å². The molecule has 1 aromatic heterocycles. The largest absolute Gasteiger partial charge is 0.444 e. The molecule has 0 aliphatic rings. The summed E-state index contributed by atoms with van der Waals surface area (Å²) in [6.07, 6.45) is -0.527. The lowest BCUT2D eigenvalue weighted by Crippen LogP contribution is -2.32. The molecular weight excluding hydrogens is 268 g/mol. The van der Waals surface area contributed by atoms with Crippen molar-refractivity contribution in [3.63, 3.8) is 0 Å². The lowest BCUT2D eigenvalue weighted by molar-refractivity contribution is 0.0535. The van der Waals surface area contributed by atoms with E-state index in [2.05, 4.69) is 27.4 Å². The van der Waals surface area contributed by atoms with Gasteiger partial charge < -0.3 is 15.8 Å². The van der Waals surface area contributed by atoms with Crippen molar-refractivity contribution in [2.75, 3.05) is 12.3 Å². The van der Waals surface area contributed by atoms with Crippen LogP contribution in [0.1, 0.15) is 26.3 Å². The minimum atomic E-state index is -0.537. The molecule has 1 amide bonds. The molecule has 0 aliphatic heterocycles. The maximum atomic E-state index is 11.3. The van der Waals surface area contributed by atoms with Crippen LogP contribution in [-0.2, 0) is 4.74 Å². The summed E-state index contributed by atoms with van der Waals surface area (Å²) in [6, 6.07) is 1.50. The number of halogens is 1. The molecule has 0 radical (unpaired) electrons. The van der Waals surface area contributed by atoms with Crippen molar-refractivity contribution >= 4 is 23.5 Å². The van der Waals surface area contributed by atoms with E-state index in [1.165, 1.54) is 6.07 Å². The van der Waals surface area contributed by atoms with Gasteiger partial charge in [-0.3, -0.25) is 0 Å². The van der Waals surface area contributed by atoms with Crippen LogP contribution in [0.2, 0.25) is 5.15 Å². The highest BCUT2D eigenvalue weighted by Gasteiger charge is 2.14. The average Bonchev–Trinajstić information content (AvgIpc) is 2.26. The highest BCUT2D eigenvalue weighted by atomic mass is 35.5. The molecule has 0 bridgehead atoms. The maximum Gasteiger partial charge on any atom is 0.408 e.